The Balaban J connectivity index is 1.46. The number of morpholine rings is 1. The molecule has 0 radical (unpaired) electrons. The molecule has 2 N–H and O–H groups in total. The van der Waals surface area contributed by atoms with Crippen molar-refractivity contribution in [2.45, 2.75) is 64.7 Å². The average molecular weight is 376 g/mol. The van der Waals surface area contributed by atoms with Crippen LogP contribution in [0.3, 0.4) is 0 Å². The summed E-state index contributed by atoms with van der Waals surface area (Å²) in [6, 6.07) is 8.75. The van der Waals surface area contributed by atoms with Crippen LogP contribution in [0.15, 0.2) is 24.3 Å². The summed E-state index contributed by atoms with van der Waals surface area (Å²) in [6.07, 6.45) is 12.2. The summed E-state index contributed by atoms with van der Waals surface area (Å²) in [7, 11) is 0. The number of rotatable bonds is 15. The molecule has 1 fully saturated rings. The van der Waals surface area contributed by atoms with Crippen LogP contribution in [-0.2, 0) is 4.74 Å². The van der Waals surface area contributed by atoms with Gasteiger partial charge in [0.2, 0.25) is 0 Å². The molecule has 1 aromatic rings. The minimum Gasteiger partial charge on any atom is -0.385 e. The monoisotopic (exact) mass is 375 g/mol. The van der Waals surface area contributed by atoms with Gasteiger partial charge in [-0.05, 0) is 43.7 Å². The van der Waals surface area contributed by atoms with E-state index in [0.29, 0.717) is 0 Å². The highest BCUT2D eigenvalue weighted by atomic mass is 16.5. The van der Waals surface area contributed by atoms with E-state index >= 15 is 0 Å². The van der Waals surface area contributed by atoms with E-state index in [4.69, 9.17) is 4.74 Å². The van der Waals surface area contributed by atoms with Gasteiger partial charge in [-0.3, -0.25) is 4.90 Å². The zero-order chi connectivity index (χ0) is 19.0. The number of hydrogen-bond acceptors (Lipinski definition) is 4. The van der Waals surface area contributed by atoms with Crippen LogP contribution in [0, 0.1) is 0 Å². The van der Waals surface area contributed by atoms with Gasteiger partial charge < -0.3 is 15.4 Å². The van der Waals surface area contributed by atoms with Gasteiger partial charge in [-0.2, -0.15) is 0 Å². The molecule has 1 saturated heterocycles. The zero-order valence-corrected chi connectivity index (χ0v) is 17.5. The van der Waals surface area contributed by atoms with Crippen LogP contribution < -0.4 is 10.6 Å². The van der Waals surface area contributed by atoms with Gasteiger partial charge in [0, 0.05) is 37.6 Å². The first-order valence-electron chi connectivity index (χ1n) is 11.3. The second kappa shape index (κ2) is 14.8. The molecule has 154 valence electrons. The normalized spacial score (nSPS) is 15.0. The SMILES string of the molecule is CCCCCCCCCCNc1ccc(NCCCN2CCOCC2)cc1. The van der Waals surface area contributed by atoms with Crippen molar-refractivity contribution in [1.29, 1.82) is 0 Å². The molecule has 27 heavy (non-hydrogen) atoms. The number of ether oxygens (including phenoxy) is 1. The van der Waals surface area contributed by atoms with Crippen LogP contribution in [0.25, 0.3) is 0 Å². The molecular formula is C23H41N3O. The van der Waals surface area contributed by atoms with Crippen LogP contribution in [0.1, 0.15) is 64.7 Å². The number of benzene rings is 1. The average Bonchev–Trinajstić information content (AvgIpc) is 2.72. The van der Waals surface area contributed by atoms with E-state index in [1.165, 1.54) is 69.2 Å². The lowest BCUT2D eigenvalue weighted by atomic mass is 10.1. The van der Waals surface area contributed by atoms with Gasteiger partial charge in [-0.25, -0.2) is 0 Å². The van der Waals surface area contributed by atoms with Crippen molar-refractivity contribution in [1.82, 2.24) is 4.90 Å². The number of unbranched alkanes of at least 4 members (excludes halogenated alkanes) is 7. The third kappa shape index (κ3) is 10.6. The Labute approximate surface area is 167 Å². The highest BCUT2D eigenvalue weighted by Gasteiger charge is 2.08. The predicted octanol–water partition coefficient (Wildman–Crippen LogP) is 5.37. The van der Waals surface area contributed by atoms with Gasteiger partial charge in [0.05, 0.1) is 13.2 Å². The van der Waals surface area contributed by atoms with Gasteiger partial charge in [0.25, 0.3) is 0 Å². The summed E-state index contributed by atoms with van der Waals surface area (Å²) in [6.45, 7) is 9.50. The Hall–Kier alpha value is -1.26. The maximum Gasteiger partial charge on any atom is 0.0594 e. The van der Waals surface area contributed by atoms with Crippen molar-refractivity contribution < 1.29 is 4.74 Å². The van der Waals surface area contributed by atoms with Crippen molar-refractivity contribution in [2.24, 2.45) is 0 Å². The molecule has 1 aromatic carbocycles. The van der Waals surface area contributed by atoms with Gasteiger partial charge in [0.15, 0.2) is 0 Å². The molecule has 4 heteroatoms. The summed E-state index contributed by atoms with van der Waals surface area (Å²) < 4.78 is 5.39. The Kier molecular flexibility index (Phi) is 12.0. The number of anilines is 2. The first-order valence-corrected chi connectivity index (χ1v) is 11.3. The minimum atomic E-state index is 0.890. The highest BCUT2D eigenvalue weighted by Crippen LogP contribution is 2.14. The summed E-state index contributed by atoms with van der Waals surface area (Å²) in [4.78, 5) is 2.49. The molecule has 4 nitrogen and oxygen atoms in total. The Morgan fingerprint density at radius 3 is 1.85 bits per heavy atom. The summed E-state index contributed by atoms with van der Waals surface area (Å²) >= 11 is 0. The topological polar surface area (TPSA) is 36.5 Å². The van der Waals surface area contributed by atoms with E-state index in [9.17, 15) is 0 Å². The van der Waals surface area contributed by atoms with Crippen molar-refractivity contribution in [3.05, 3.63) is 24.3 Å². The van der Waals surface area contributed by atoms with Crippen LogP contribution >= 0.6 is 0 Å². The lowest BCUT2D eigenvalue weighted by Crippen LogP contribution is -2.37. The van der Waals surface area contributed by atoms with E-state index in [1.807, 2.05) is 0 Å². The quantitative estimate of drug-likeness (QED) is 0.404. The predicted molar refractivity (Wildman–Crippen MR) is 118 cm³/mol. The summed E-state index contributed by atoms with van der Waals surface area (Å²) in [5.74, 6) is 0. The summed E-state index contributed by atoms with van der Waals surface area (Å²) in [5.41, 5.74) is 2.45. The molecule has 0 bridgehead atoms. The molecule has 1 aliphatic rings. The van der Waals surface area contributed by atoms with E-state index in [-0.39, 0.29) is 0 Å². The van der Waals surface area contributed by atoms with Crippen LogP contribution in [0.2, 0.25) is 0 Å². The fourth-order valence-corrected chi connectivity index (χ4v) is 3.56. The standard InChI is InChI=1S/C23H41N3O/c1-2-3-4-5-6-7-8-9-15-24-22-11-13-23(14-12-22)25-16-10-17-26-18-20-27-21-19-26/h11-14,24-25H,2-10,15-21H2,1H3. The largest absolute Gasteiger partial charge is 0.385 e. The number of nitrogens with zero attached hydrogens (tertiary/aromatic N) is 1. The highest BCUT2D eigenvalue weighted by molar-refractivity contribution is 5.53. The van der Waals surface area contributed by atoms with Crippen molar-refractivity contribution in [2.75, 3.05) is 56.6 Å². The molecule has 0 saturated carbocycles. The van der Waals surface area contributed by atoms with E-state index in [1.54, 1.807) is 0 Å². The van der Waals surface area contributed by atoms with E-state index < -0.39 is 0 Å². The fourth-order valence-electron chi connectivity index (χ4n) is 3.56. The van der Waals surface area contributed by atoms with Crippen LogP contribution in [0.5, 0.6) is 0 Å². The molecule has 2 rings (SSSR count). The third-order valence-corrected chi connectivity index (χ3v) is 5.33. The second-order valence-corrected chi connectivity index (χ2v) is 7.71. The van der Waals surface area contributed by atoms with Crippen molar-refractivity contribution in [3.8, 4) is 0 Å². The lowest BCUT2D eigenvalue weighted by Gasteiger charge is -2.26. The van der Waals surface area contributed by atoms with E-state index in [2.05, 4.69) is 46.7 Å². The smallest absolute Gasteiger partial charge is 0.0594 e. The first kappa shape index (κ1) is 22.0. The molecule has 0 aromatic heterocycles. The van der Waals surface area contributed by atoms with Crippen LogP contribution in [-0.4, -0.2) is 50.8 Å². The summed E-state index contributed by atoms with van der Waals surface area (Å²) in [5, 5.41) is 7.08. The Morgan fingerprint density at radius 2 is 1.26 bits per heavy atom. The van der Waals surface area contributed by atoms with Crippen molar-refractivity contribution in [3.63, 3.8) is 0 Å². The first-order chi connectivity index (χ1) is 13.4. The maximum atomic E-state index is 5.39. The molecule has 0 amide bonds. The Bertz CT molecular complexity index is 457. The lowest BCUT2D eigenvalue weighted by molar-refractivity contribution is 0.0378. The van der Waals surface area contributed by atoms with Gasteiger partial charge >= 0.3 is 0 Å². The molecular weight excluding hydrogens is 334 g/mol. The molecule has 0 spiro atoms. The van der Waals surface area contributed by atoms with Crippen LogP contribution in [0.4, 0.5) is 11.4 Å². The molecule has 1 aliphatic heterocycles. The van der Waals surface area contributed by atoms with Gasteiger partial charge in [-0.1, -0.05) is 51.9 Å². The van der Waals surface area contributed by atoms with Gasteiger partial charge in [-0.15, -0.1) is 0 Å². The maximum absolute atomic E-state index is 5.39. The van der Waals surface area contributed by atoms with Crippen molar-refractivity contribution >= 4 is 11.4 Å². The molecule has 0 atom stereocenters. The third-order valence-electron chi connectivity index (χ3n) is 5.33. The zero-order valence-electron chi connectivity index (χ0n) is 17.5. The Morgan fingerprint density at radius 1 is 0.741 bits per heavy atom. The molecule has 1 heterocycles. The number of nitrogens with one attached hydrogen (secondary N) is 2. The number of hydrogen-bond donors (Lipinski definition) is 2. The van der Waals surface area contributed by atoms with Gasteiger partial charge in [0.1, 0.15) is 0 Å². The second-order valence-electron chi connectivity index (χ2n) is 7.71. The molecule has 0 unspecified atom stereocenters. The molecule has 0 aliphatic carbocycles. The minimum absolute atomic E-state index is 0.890. The van der Waals surface area contributed by atoms with E-state index in [0.717, 1.165) is 45.9 Å². The fraction of sp³-hybridized carbons (Fsp3) is 0.739.